The number of aryl methyl sites for hydroxylation is 1. The Kier molecular flexibility index (Phi) is 4.57. The third-order valence-corrected chi connectivity index (χ3v) is 5.99. The van der Waals surface area contributed by atoms with E-state index in [1.54, 1.807) is 12.1 Å². The van der Waals surface area contributed by atoms with Crippen LogP contribution < -0.4 is 0 Å². The van der Waals surface area contributed by atoms with E-state index >= 15 is 0 Å². The lowest BCUT2D eigenvalue weighted by molar-refractivity contribution is 0.0146. The highest BCUT2D eigenvalue weighted by atomic mass is 19.1. The average Bonchev–Trinajstić information content (AvgIpc) is 2.94. The number of rotatable bonds is 4. The molecule has 0 bridgehead atoms. The largest absolute Gasteiger partial charge is 0.383 e. The first kappa shape index (κ1) is 18.2. The highest BCUT2D eigenvalue weighted by Gasteiger charge is 2.31. The summed E-state index contributed by atoms with van der Waals surface area (Å²) < 4.78 is 15.7. The molecule has 27 heavy (non-hydrogen) atoms. The van der Waals surface area contributed by atoms with E-state index < -0.39 is 5.60 Å². The van der Waals surface area contributed by atoms with Gasteiger partial charge in [0.15, 0.2) is 0 Å². The van der Waals surface area contributed by atoms with Gasteiger partial charge in [-0.2, -0.15) is 0 Å². The van der Waals surface area contributed by atoms with Gasteiger partial charge in [-0.15, -0.1) is 0 Å². The highest BCUT2D eigenvalue weighted by molar-refractivity contribution is 5.86. The standard InChI is InChI=1S/C23H27FN2O/c1-4-23(27,17-6-8-18(24)9-7-17)15-26-21-10-5-16(2)13-19(21)20-14-25(3)12-11-22(20)26/h5-10,13,27H,4,11-12,14-15H2,1-3H3/t23-/m1/s1. The van der Waals surface area contributed by atoms with Gasteiger partial charge in [-0.05, 0) is 55.8 Å². The summed E-state index contributed by atoms with van der Waals surface area (Å²) in [6.07, 6.45) is 1.54. The Bertz CT molecular complexity index is 976. The lowest BCUT2D eigenvalue weighted by atomic mass is 9.90. The number of aromatic nitrogens is 1. The average molecular weight is 366 g/mol. The number of nitrogens with zero attached hydrogens (tertiary/aromatic N) is 2. The third-order valence-electron chi connectivity index (χ3n) is 5.99. The van der Waals surface area contributed by atoms with Gasteiger partial charge in [-0.1, -0.05) is 30.7 Å². The normalized spacial score (nSPS) is 17.1. The number of hydrogen-bond acceptors (Lipinski definition) is 2. The van der Waals surface area contributed by atoms with Crippen LogP contribution in [0.15, 0.2) is 42.5 Å². The van der Waals surface area contributed by atoms with Crippen LogP contribution in [0.25, 0.3) is 10.9 Å². The van der Waals surface area contributed by atoms with Gasteiger partial charge in [0, 0.05) is 36.1 Å². The second kappa shape index (κ2) is 6.77. The van der Waals surface area contributed by atoms with Gasteiger partial charge in [-0.3, -0.25) is 0 Å². The van der Waals surface area contributed by atoms with E-state index in [0.29, 0.717) is 13.0 Å². The van der Waals surface area contributed by atoms with Crippen LogP contribution in [0.5, 0.6) is 0 Å². The maximum absolute atomic E-state index is 13.4. The Hall–Kier alpha value is -2.17. The fourth-order valence-corrected chi connectivity index (χ4v) is 4.31. The molecule has 3 aromatic rings. The third kappa shape index (κ3) is 3.17. The number of likely N-dealkylation sites (N-methyl/N-ethyl adjacent to an activating group) is 1. The maximum Gasteiger partial charge on any atom is 0.123 e. The van der Waals surface area contributed by atoms with Gasteiger partial charge >= 0.3 is 0 Å². The van der Waals surface area contributed by atoms with E-state index in [9.17, 15) is 9.50 Å². The summed E-state index contributed by atoms with van der Waals surface area (Å²) in [5.41, 5.74) is 4.86. The molecule has 0 aliphatic carbocycles. The molecular weight excluding hydrogens is 339 g/mol. The Labute approximate surface area is 160 Å². The number of benzene rings is 2. The van der Waals surface area contributed by atoms with Crippen molar-refractivity contribution in [1.82, 2.24) is 9.47 Å². The number of hydrogen-bond donors (Lipinski definition) is 1. The van der Waals surface area contributed by atoms with E-state index in [1.165, 1.54) is 39.9 Å². The van der Waals surface area contributed by atoms with Gasteiger partial charge < -0.3 is 14.6 Å². The molecule has 0 radical (unpaired) electrons. The van der Waals surface area contributed by atoms with Crippen LogP contribution in [0.2, 0.25) is 0 Å². The predicted octanol–water partition coefficient (Wildman–Crippen LogP) is 4.37. The zero-order valence-corrected chi connectivity index (χ0v) is 16.3. The second-order valence-electron chi connectivity index (χ2n) is 7.91. The van der Waals surface area contributed by atoms with Gasteiger partial charge in [-0.25, -0.2) is 4.39 Å². The molecule has 1 aliphatic heterocycles. The first-order valence-corrected chi connectivity index (χ1v) is 9.69. The van der Waals surface area contributed by atoms with Crippen molar-refractivity contribution in [2.45, 2.75) is 45.4 Å². The quantitative estimate of drug-likeness (QED) is 0.742. The smallest absolute Gasteiger partial charge is 0.123 e. The molecule has 2 aromatic carbocycles. The fourth-order valence-electron chi connectivity index (χ4n) is 4.31. The van der Waals surface area contributed by atoms with Crippen molar-refractivity contribution in [2.75, 3.05) is 13.6 Å². The van der Waals surface area contributed by atoms with Crippen molar-refractivity contribution < 1.29 is 9.50 Å². The van der Waals surface area contributed by atoms with E-state index in [4.69, 9.17) is 0 Å². The first-order chi connectivity index (χ1) is 12.9. The molecule has 4 heteroatoms. The molecular formula is C23H27FN2O. The Morgan fingerprint density at radius 3 is 2.59 bits per heavy atom. The molecule has 0 spiro atoms. The molecule has 0 unspecified atom stereocenters. The highest BCUT2D eigenvalue weighted by Crippen LogP contribution is 2.35. The summed E-state index contributed by atoms with van der Waals surface area (Å²) in [6.45, 7) is 6.54. The van der Waals surface area contributed by atoms with Crippen LogP contribution in [0, 0.1) is 12.7 Å². The van der Waals surface area contributed by atoms with Crippen molar-refractivity contribution in [1.29, 1.82) is 0 Å². The summed E-state index contributed by atoms with van der Waals surface area (Å²) >= 11 is 0. The summed E-state index contributed by atoms with van der Waals surface area (Å²) in [5, 5.41) is 12.8. The lowest BCUT2D eigenvalue weighted by Gasteiger charge is -2.31. The molecule has 3 nitrogen and oxygen atoms in total. The predicted molar refractivity (Wildman–Crippen MR) is 107 cm³/mol. The first-order valence-electron chi connectivity index (χ1n) is 9.69. The van der Waals surface area contributed by atoms with Crippen LogP contribution in [0.1, 0.15) is 35.7 Å². The van der Waals surface area contributed by atoms with E-state index in [-0.39, 0.29) is 5.82 Å². The van der Waals surface area contributed by atoms with Crippen LogP contribution >= 0.6 is 0 Å². The van der Waals surface area contributed by atoms with Crippen LogP contribution in [0.4, 0.5) is 4.39 Å². The van der Waals surface area contributed by atoms with E-state index in [2.05, 4.69) is 41.6 Å². The van der Waals surface area contributed by atoms with Crippen molar-refractivity contribution in [3.63, 3.8) is 0 Å². The summed E-state index contributed by atoms with van der Waals surface area (Å²) in [6, 6.07) is 12.8. The topological polar surface area (TPSA) is 28.4 Å². The van der Waals surface area contributed by atoms with Gasteiger partial charge in [0.1, 0.15) is 11.4 Å². The lowest BCUT2D eigenvalue weighted by Crippen LogP contribution is -2.33. The molecule has 142 valence electrons. The summed E-state index contributed by atoms with van der Waals surface area (Å²) in [7, 11) is 2.16. The molecule has 0 saturated carbocycles. The van der Waals surface area contributed by atoms with Crippen LogP contribution in [-0.4, -0.2) is 28.2 Å². The molecule has 1 aromatic heterocycles. The molecule has 0 saturated heterocycles. The monoisotopic (exact) mass is 366 g/mol. The summed E-state index contributed by atoms with van der Waals surface area (Å²) in [4.78, 5) is 2.35. The van der Waals surface area contributed by atoms with Gasteiger partial charge in [0.05, 0.1) is 6.54 Å². The van der Waals surface area contributed by atoms with Gasteiger partial charge in [0.25, 0.3) is 0 Å². The van der Waals surface area contributed by atoms with Crippen LogP contribution in [-0.2, 0) is 25.1 Å². The number of halogens is 1. The van der Waals surface area contributed by atoms with Crippen molar-refractivity contribution >= 4 is 10.9 Å². The second-order valence-corrected chi connectivity index (χ2v) is 7.91. The SMILES string of the molecule is CC[C@@](O)(Cn1c2c(c3cc(C)ccc31)CN(C)CC2)c1ccc(F)cc1. The minimum atomic E-state index is -1.03. The van der Waals surface area contributed by atoms with Gasteiger partial charge in [0.2, 0.25) is 0 Å². The summed E-state index contributed by atoms with van der Waals surface area (Å²) in [5.74, 6) is -0.278. The fraction of sp³-hybridized carbons (Fsp3) is 0.391. The molecule has 4 rings (SSSR count). The maximum atomic E-state index is 13.4. The molecule has 1 N–H and O–H groups in total. The zero-order chi connectivity index (χ0) is 19.2. The molecule has 0 amide bonds. The molecule has 2 heterocycles. The molecule has 0 fully saturated rings. The number of fused-ring (bicyclic) bond motifs is 3. The minimum Gasteiger partial charge on any atom is -0.383 e. The minimum absolute atomic E-state index is 0.278. The Morgan fingerprint density at radius 2 is 1.89 bits per heavy atom. The zero-order valence-electron chi connectivity index (χ0n) is 16.3. The molecule has 1 aliphatic rings. The molecule has 1 atom stereocenters. The Balaban J connectivity index is 1.84. The van der Waals surface area contributed by atoms with Crippen molar-refractivity contribution in [3.8, 4) is 0 Å². The number of aliphatic hydroxyl groups is 1. The Morgan fingerprint density at radius 1 is 1.15 bits per heavy atom. The van der Waals surface area contributed by atoms with Crippen LogP contribution in [0.3, 0.4) is 0 Å². The van der Waals surface area contributed by atoms with Crippen molar-refractivity contribution in [3.05, 3.63) is 70.7 Å². The van der Waals surface area contributed by atoms with E-state index in [0.717, 1.165) is 25.1 Å². The van der Waals surface area contributed by atoms with E-state index in [1.807, 2.05) is 6.92 Å². The van der Waals surface area contributed by atoms with Crippen molar-refractivity contribution in [2.24, 2.45) is 0 Å².